The van der Waals surface area contributed by atoms with Crippen molar-refractivity contribution in [3.63, 3.8) is 0 Å². The molecule has 1 heterocycles. The fourth-order valence-corrected chi connectivity index (χ4v) is 2.63. The van der Waals surface area contributed by atoms with Gasteiger partial charge < -0.3 is 4.74 Å². The molecule has 0 spiro atoms. The molecular weight excluding hydrogens is 368 g/mol. The number of rotatable bonds is 3. The lowest BCUT2D eigenvalue weighted by molar-refractivity contribution is 0.0438. The fraction of sp³-hybridized carbons (Fsp3) is 0.105. The third-order valence-electron chi connectivity index (χ3n) is 3.54. The SMILES string of the molecule is C[C@@H](C#N)OC(=O)c1cc(-c2ccc(Br)cc2)nc2ccccc12. The van der Waals surface area contributed by atoms with Crippen LogP contribution in [0.1, 0.15) is 17.3 Å². The summed E-state index contributed by atoms with van der Waals surface area (Å²) in [6.45, 7) is 1.54. The molecule has 0 amide bonds. The number of carbonyl (C=O) groups is 1. The molecule has 0 saturated heterocycles. The molecule has 0 fully saturated rings. The number of benzene rings is 2. The molecule has 0 aliphatic carbocycles. The molecule has 2 aromatic carbocycles. The summed E-state index contributed by atoms with van der Waals surface area (Å²) >= 11 is 3.41. The van der Waals surface area contributed by atoms with Crippen LogP contribution in [0.3, 0.4) is 0 Å². The molecule has 1 atom stereocenters. The normalized spacial score (nSPS) is 11.7. The minimum absolute atomic E-state index is 0.403. The van der Waals surface area contributed by atoms with Crippen LogP contribution in [-0.2, 0) is 4.74 Å². The molecule has 3 aromatic rings. The summed E-state index contributed by atoms with van der Waals surface area (Å²) < 4.78 is 6.14. The number of para-hydroxylation sites is 1. The highest BCUT2D eigenvalue weighted by Crippen LogP contribution is 2.26. The van der Waals surface area contributed by atoms with Crippen LogP contribution in [0.4, 0.5) is 0 Å². The van der Waals surface area contributed by atoms with Crippen LogP contribution < -0.4 is 0 Å². The number of fused-ring (bicyclic) bond motifs is 1. The number of nitriles is 1. The van der Waals surface area contributed by atoms with Gasteiger partial charge in [0, 0.05) is 15.4 Å². The lowest BCUT2D eigenvalue weighted by Gasteiger charge is -2.11. The van der Waals surface area contributed by atoms with Gasteiger partial charge >= 0.3 is 5.97 Å². The summed E-state index contributed by atoms with van der Waals surface area (Å²) in [4.78, 5) is 17.1. The van der Waals surface area contributed by atoms with E-state index in [0.29, 0.717) is 22.2 Å². The fourth-order valence-electron chi connectivity index (χ4n) is 2.36. The number of carbonyl (C=O) groups excluding carboxylic acids is 1. The highest BCUT2D eigenvalue weighted by molar-refractivity contribution is 9.10. The molecule has 24 heavy (non-hydrogen) atoms. The lowest BCUT2D eigenvalue weighted by Crippen LogP contribution is -2.14. The maximum atomic E-state index is 12.5. The summed E-state index contributed by atoms with van der Waals surface area (Å²) in [7, 11) is 0. The second-order valence-electron chi connectivity index (χ2n) is 5.26. The lowest BCUT2D eigenvalue weighted by atomic mass is 10.0. The second-order valence-corrected chi connectivity index (χ2v) is 6.17. The molecule has 3 rings (SSSR count). The first kappa shape index (κ1) is 16.2. The quantitative estimate of drug-likeness (QED) is 0.615. The van der Waals surface area contributed by atoms with Crippen LogP contribution in [-0.4, -0.2) is 17.1 Å². The Labute approximate surface area is 147 Å². The van der Waals surface area contributed by atoms with E-state index in [9.17, 15) is 4.79 Å². The summed E-state index contributed by atoms with van der Waals surface area (Å²) in [5, 5.41) is 9.56. The van der Waals surface area contributed by atoms with Crippen LogP contribution in [0.25, 0.3) is 22.2 Å². The minimum atomic E-state index is -0.805. The van der Waals surface area contributed by atoms with Gasteiger partial charge in [0.05, 0.1) is 16.8 Å². The predicted molar refractivity (Wildman–Crippen MR) is 95.4 cm³/mol. The van der Waals surface area contributed by atoms with Crippen molar-refractivity contribution in [2.24, 2.45) is 0 Å². The van der Waals surface area contributed by atoms with Gasteiger partial charge in [0.25, 0.3) is 0 Å². The van der Waals surface area contributed by atoms with E-state index in [2.05, 4.69) is 20.9 Å². The number of nitrogens with zero attached hydrogens (tertiary/aromatic N) is 2. The van der Waals surface area contributed by atoms with Gasteiger partial charge in [-0.2, -0.15) is 5.26 Å². The van der Waals surface area contributed by atoms with E-state index in [1.165, 1.54) is 6.92 Å². The summed E-state index contributed by atoms with van der Waals surface area (Å²) in [6.07, 6.45) is -0.805. The van der Waals surface area contributed by atoms with E-state index in [-0.39, 0.29) is 0 Å². The van der Waals surface area contributed by atoms with E-state index in [0.717, 1.165) is 10.0 Å². The van der Waals surface area contributed by atoms with Crippen molar-refractivity contribution in [1.82, 2.24) is 4.98 Å². The van der Waals surface area contributed by atoms with E-state index in [1.54, 1.807) is 6.07 Å². The summed E-state index contributed by atoms with van der Waals surface area (Å²) in [6, 6.07) is 18.7. The van der Waals surface area contributed by atoms with Gasteiger partial charge in [-0.25, -0.2) is 9.78 Å². The summed E-state index contributed by atoms with van der Waals surface area (Å²) in [5.74, 6) is -0.527. The van der Waals surface area contributed by atoms with E-state index >= 15 is 0 Å². The number of halogens is 1. The third kappa shape index (κ3) is 3.29. The number of hydrogen-bond acceptors (Lipinski definition) is 4. The highest BCUT2D eigenvalue weighted by Gasteiger charge is 2.17. The molecule has 0 saturated carbocycles. The first-order valence-corrected chi connectivity index (χ1v) is 8.14. The van der Waals surface area contributed by atoms with Crippen molar-refractivity contribution in [2.75, 3.05) is 0 Å². The zero-order valence-corrected chi connectivity index (χ0v) is 14.4. The molecule has 5 heteroatoms. The Morgan fingerprint density at radius 2 is 1.92 bits per heavy atom. The Bertz CT molecular complexity index is 946. The maximum Gasteiger partial charge on any atom is 0.340 e. The molecule has 118 valence electrons. The van der Waals surface area contributed by atoms with Gasteiger partial charge in [-0.05, 0) is 31.2 Å². The molecule has 1 aromatic heterocycles. The predicted octanol–water partition coefficient (Wildman–Crippen LogP) is 4.73. The number of esters is 1. The molecule has 0 N–H and O–H groups in total. The Morgan fingerprint density at radius 1 is 1.21 bits per heavy atom. The van der Waals surface area contributed by atoms with Crippen LogP contribution in [0.15, 0.2) is 59.1 Å². The van der Waals surface area contributed by atoms with Gasteiger partial charge in [0.2, 0.25) is 0 Å². The van der Waals surface area contributed by atoms with Crippen LogP contribution in [0.5, 0.6) is 0 Å². The van der Waals surface area contributed by atoms with Gasteiger partial charge in [0.15, 0.2) is 6.10 Å². The standard InChI is InChI=1S/C19H13BrN2O2/c1-12(11-21)24-19(23)16-10-18(13-6-8-14(20)9-7-13)22-17-5-3-2-4-15(16)17/h2-10,12H,1H3/t12-/m0/s1. The molecule has 0 unspecified atom stereocenters. The zero-order chi connectivity index (χ0) is 17.1. The maximum absolute atomic E-state index is 12.5. The molecule has 0 radical (unpaired) electrons. The van der Waals surface area contributed by atoms with Crippen molar-refractivity contribution < 1.29 is 9.53 Å². The largest absolute Gasteiger partial charge is 0.444 e. The van der Waals surface area contributed by atoms with E-state index < -0.39 is 12.1 Å². The molecule has 0 aliphatic rings. The van der Waals surface area contributed by atoms with E-state index in [4.69, 9.17) is 10.00 Å². The highest BCUT2D eigenvalue weighted by atomic mass is 79.9. The van der Waals surface area contributed by atoms with Gasteiger partial charge in [-0.15, -0.1) is 0 Å². The zero-order valence-electron chi connectivity index (χ0n) is 12.9. The average Bonchev–Trinajstić information content (AvgIpc) is 2.61. The number of aromatic nitrogens is 1. The first-order valence-electron chi connectivity index (χ1n) is 7.35. The molecule has 0 bridgehead atoms. The summed E-state index contributed by atoms with van der Waals surface area (Å²) in [5.41, 5.74) is 2.68. The number of hydrogen-bond donors (Lipinski definition) is 0. The second kappa shape index (κ2) is 6.81. The molecule has 4 nitrogen and oxygen atoms in total. The van der Waals surface area contributed by atoms with Crippen molar-refractivity contribution in [3.05, 3.63) is 64.6 Å². The van der Waals surface area contributed by atoms with Crippen molar-refractivity contribution in [3.8, 4) is 17.3 Å². The number of ether oxygens (including phenoxy) is 1. The Kier molecular flexibility index (Phi) is 4.59. The number of pyridine rings is 1. The average molecular weight is 381 g/mol. The Morgan fingerprint density at radius 3 is 2.62 bits per heavy atom. The van der Waals surface area contributed by atoms with Crippen LogP contribution in [0, 0.1) is 11.3 Å². The smallest absolute Gasteiger partial charge is 0.340 e. The van der Waals surface area contributed by atoms with Gasteiger partial charge in [0.1, 0.15) is 6.07 Å². The van der Waals surface area contributed by atoms with E-state index in [1.807, 2.05) is 54.6 Å². The van der Waals surface area contributed by atoms with Crippen molar-refractivity contribution >= 4 is 32.8 Å². The van der Waals surface area contributed by atoms with Gasteiger partial charge in [-0.1, -0.05) is 46.3 Å². The molecule has 0 aliphatic heterocycles. The minimum Gasteiger partial charge on any atom is -0.444 e. The monoisotopic (exact) mass is 380 g/mol. The Hall–Kier alpha value is -2.71. The van der Waals surface area contributed by atoms with Crippen LogP contribution in [0.2, 0.25) is 0 Å². The van der Waals surface area contributed by atoms with Crippen molar-refractivity contribution in [2.45, 2.75) is 13.0 Å². The first-order chi connectivity index (χ1) is 11.6. The third-order valence-corrected chi connectivity index (χ3v) is 4.07. The van der Waals surface area contributed by atoms with Crippen LogP contribution >= 0.6 is 15.9 Å². The molecular formula is C19H13BrN2O2. The topological polar surface area (TPSA) is 63.0 Å². The van der Waals surface area contributed by atoms with Crippen molar-refractivity contribution in [1.29, 1.82) is 5.26 Å². The van der Waals surface area contributed by atoms with Gasteiger partial charge in [-0.3, -0.25) is 0 Å². The Balaban J connectivity index is 2.14.